The summed E-state index contributed by atoms with van der Waals surface area (Å²) in [6, 6.07) is 10.2. The van der Waals surface area contributed by atoms with Crippen LogP contribution in [0, 0.1) is 0 Å². The van der Waals surface area contributed by atoms with Crippen LogP contribution in [0.3, 0.4) is 0 Å². The van der Waals surface area contributed by atoms with Crippen molar-refractivity contribution >= 4 is 60.5 Å². The number of hydrogen-bond donors (Lipinski definition) is 5. The fourth-order valence-electron chi connectivity index (χ4n) is 4.10. The Morgan fingerprint density at radius 2 is 1.31 bits per heavy atom. The van der Waals surface area contributed by atoms with E-state index in [1.54, 1.807) is 0 Å². The Hall–Kier alpha value is -4.77. The van der Waals surface area contributed by atoms with Crippen LogP contribution in [0.4, 0.5) is 28.7 Å². The molecule has 198 valence electrons. The van der Waals surface area contributed by atoms with Crippen molar-refractivity contribution in [1.29, 1.82) is 0 Å². The minimum atomic E-state index is -4.97. The molecule has 0 unspecified atom stereocenters. The first kappa shape index (κ1) is 25.9. The van der Waals surface area contributed by atoms with Crippen molar-refractivity contribution < 1.29 is 35.5 Å². The van der Waals surface area contributed by atoms with E-state index < -0.39 is 52.8 Å². The summed E-state index contributed by atoms with van der Waals surface area (Å²) in [5.41, 5.74) is 4.20. The zero-order valence-electron chi connectivity index (χ0n) is 19.4. The Morgan fingerprint density at radius 1 is 0.718 bits per heavy atom. The van der Waals surface area contributed by atoms with Gasteiger partial charge in [0.15, 0.2) is 11.6 Å². The molecule has 0 saturated heterocycles. The molecule has 5 rings (SSSR count). The van der Waals surface area contributed by atoms with E-state index in [0.717, 1.165) is 24.8 Å². The monoisotopic (exact) mass is 568 g/mol. The Labute approximate surface area is 220 Å². The number of anilines is 5. The highest BCUT2D eigenvalue weighted by atomic mass is 32.2. The number of carbonyl (C=O) groups is 2. The van der Waals surface area contributed by atoms with E-state index in [0.29, 0.717) is 0 Å². The molecule has 16 heteroatoms. The quantitative estimate of drug-likeness (QED) is 0.146. The van der Waals surface area contributed by atoms with Crippen molar-refractivity contribution in [3.8, 4) is 0 Å². The first-order chi connectivity index (χ1) is 18.4. The fourth-order valence-corrected chi connectivity index (χ4v) is 5.42. The second-order valence-corrected chi connectivity index (χ2v) is 10.9. The van der Waals surface area contributed by atoms with Crippen molar-refractivity contribution in [1.82, 2.24) is 15.0 Å². The number of ketones is 2. The molecule has 1 aromatic heterocycles. The molecule has 1 heterocycles. The van der Waals surface area contributed by atoms with Crippen LogP contribution in [-0.4, -0.2) is 52.5 Å². The number of rotatable bonds is 6. The van der Waals surface area contributed by atoms with Crippen LogP contribution in [0.25, 0.3) is 0 Å². The topological polar surface area (TPSA) is 232 Å². The molecule has 0 spiro atoms. The number of nitrogens with zero attached hydrogens (tertiary/aromatic N) is 3. The number of hydrogen-bond acceptors (Lipinski definition) is 12. The highest BCUT2D eigenvalue weighted by Crippen LogP contribution is 2.40. The molecule has 0 fully saturated rings. The lowest BCUT2D eigenvalue weighted by molar-refractivity contribution is 0.0980. The van der Waals surface area contributed by atoms with E-state index in [1.165, 1.54) is 36.4 Å². The number of fused-ring (bicyclic) bond motifs is 2. The summed E-state index contributed by atoms with van der Waals surface area (Å²) in [6.07, 6.45) is 2.32. The normalized spacial score (nSPS) is 13.0. The van der Waals surface area contributed by atoms with E-state index in [-0.39, 0.29) is 39.7 Å². The predicted molar refractivity (Wildman–Crippen MR) is 137 cm³/mol. The summed E-state index contributed by atoms with van der Waals surface area (Å²) in [5.74, 6) is -1.44. The van der Waals surface area contributed by atoms with Crippen LogP contribution in [-0.2, 0) is 20.2 Å². The van der Waals surface area contributed by atoms with E-state index in [9.17, 15) is 35.5 Å². The average Bonchev–Trinajstić information content (AvgIpc) is 2.88. The number of nitrogens with one attached hydrogen (secondary N) is 2. The number of aromatic nitrogens is 3. The maximum atomic E-state index is 13.4. The smallest absolute Gasteiger partial charge is 0.296 e. The number of benzene rings is 3. The van der Waals surface area contributed by atoms with Crippen molar-refractivity contribution in [3.63, 3.8) is 0 Å². The maximum Gasteiger partial charge on any atom is 0.296 e. The molecular formula is C23H16N6O8S2. The predicted octanol–water partition coefficient (Wildman–Crippen LogP) is 2.21. The standard InChI is InChI=1S/C23H16N6O8S2/c24-20-17(39(35,36)37)8-15(18-19(20)22(31)13-4-2-1-3-12(13)21(18)30)28-11-5-6-14(16(7-11)38(32,33)34)29-23-26-9-25-10-27-23/h1-10,28H,24H2,(H,32,33,34)(H,35,36,37)(H,25,26,27,29). The van der Waals surface area contributed by atoms with E-state index in [4.69, 9.17) is 5.73 Å². The molecule has 4 aromatic rings. The first-order valence-corrected chi connectivity index (χ1v) is 13.6. The van der Waals surface area contributed by atoms with Gasteiger partial charge in [-0.1, -0.05) is 24.3 Å². The molecule has 0 radical (unpaired) electrons. The number of nitrogens with two attached hydrogens (primary N) is 1. The highest BCUT2D eigenvalue weighted by Gasteiger charge is 2.36. The minimum absolute atomic E-state index is 0.0115. The zero-order chi connectivity index (χ0) is 28.1. The molecule has 0 atom stereocenters. The maximum absolute atomic E-state index is 13.4. The molecule has 1 aliphatic carbocycles. The lowest BCUT2D eigenvalue weighted by Gasteiger charge is -2.23. The van der Waals surface area contributed by atoms with E-state index in [1.807, 2.05) is 0 Å². The van der Waals surface area contributed by atoms with Gasteiger partial charge in [0.05, 0.1) is 28.2 Å². The van der Waals surface area contributed by atoms with Crippen molar-refractivity contribution in [2.24, 2.45) is 0 Å². The second-order valence-electron chi connectivity index (χ2n) is 8.16. The van der Waals surface area contributed by atoms with Crippen LogP contribution in [0.15, 0.2) is 71.0 Å². The average molecular weight is 569 g/mol. The summed E-state index contributed by atoms with van der Waals surface area (Å²) in [5, 5.41) is 5.33. The second kappa shape index (κ2) is 9.21. The third-order valence-electron chi connectivity index (χ3n) is 5.76. The van der Waals surface area contributed by atoms with Gasteiger partial charge in [-0.05, 0) is 24.3 Å². The molecule has 0 bridgehead atoms. The fraction of sp³-hybridized carbons (Fsp3) is 0. The van der Waals surface area contributed by atoms with Gasteiger partial charge in [0, 0.05) is 16.8 Å². The Kier molecular flexibility index (Phi) is 6.11. The summed E-state index contributed by atoms with van der Waals surface area (Å²) in [7, 11) is -9.80. The van der Waals surface area contributed by atoms with Gasteiger partial charge in [-0.15, -0.1) is 0 Å². The van der Waals surface area contributed by atoms with E-state index in [2.05, 4.69) is 25.6 Å². The highest BCUT2D eigenvalue weighted by molar-refractivity contribution is 7.86. The van der Waals surface area contributed by atoms with Gasteiger partial charge < -0.3 is 16.4 Å². The Bertz CT molecular complexity index is 1910. The molecule has 1 aliphatic rings. The molecule has 0 aliphatic heterocycles. The molecular weight excluding hydrogens is 552 g/mol. The minimum Gasteiger partial charge on any atom is -0.397 e. The van der Waals surface area contributed by atoms with E-state index >= 15 is 0 Å². The van der Waals surface area contributed by atoms with Crippen LogP contribution in [0.2, 0.25) is 0 Å². The van der Waals surface area contributed by atoms with Gasteiger partial charge in [-0.2, -0.15) is 16.8 Å². The summed E-state index contributed by atoms with van der Waals surface area (Å²) < 4.78 is 68.1. The summed E-state index contributed by atoms with van der Waals surface area (Å²) in [6.45, 7) is 0. The number of carbonyl (C=O) groups excluding carboxylic acids is 2. The van der Waals surface area contributed by atoms with Gasteiger partial charge in [-0.3, -0.25) is 18.7 Å². The number of nitrogen functional groups attached to an aromatic ring is 1. The largest absolute Gasteiger partial charge is 0.397 e. The Morgan fingerprint density at radius 3 is 1.90 bits per heavy atom. The van der Waals surface area contributed by atoms with Crippen LogP contribution in [0.1, 0.15) is 31.8 Å². The zero-order valence-corrected chi connectivity index (χ0v) is 21.0. The molecule has 0 saturated carbocycles. The summed E-state index contributed by atoms with van der Waals surface area (Å²) >= 11 is 0. The van der Waals surface area contributed by atoms with Crippen LogP contribution in [0.5, 0.6) is 0 Å². The molecule has 14 nitrogen and oxygen atoms in total. The Balaban J connectivity index is 1.68. The van der Waals surface area contributed by atoms with Crippen LogP contribution < -0.4 is 16.4 Å². The third-order valence-corrected chi connectivity index (χ3v) is 7.54. The van der Waals surface area contributed by atoms with Gasteiger partial charge in [-0.25, -0.2) is 15.0 Å². The van der Waals surface area contributed by atoms with Gasteiger partial charge in [0.25, 0.3) is 20.2 Å². The van der Waals surface area contributed by atoms with Crippen molar-refractivity contribution in [3.05, 3.63) is 83.4 Å². The molecule has 6 N–H and O–H groups in total. The molecule has 39 heavy (non-hydrogen) atoms. The van der Waals surface area contributed by atoms with Gasteiger partial charge >= 0.3 is 0 Å². The third kappa shape index (κ3) is 4.68. The van der Waals surface area contributed by atoms with Crippen molar-refractivity contribution in [2.45, 2.75) is 9.79 Å². The molecule has 0 amide bonds. The van der Waals surface area contributed by atoms with Crippen LogP contribution >= 0.6 is 0 Å². The summed E-state index contributed by atoms with van der Waals surface area (Å²) in [4.78, 5) is 36.6. The SMILES string of the molecule is Nc1c(S(=O)(=O)O)cc(Nc2ccc(Nc3ncncn3)c(S(=O)(=O)O)c2)c2c1C(=O)c1ccccc1C2=O. The van der Waals surface area contributed by atoms with Gasteiger partial charge in [0.1, 0.15) is 22.4 Å². The first-order valence-electron chi connectivity index (χ1n) is 10.8. The molecule has 3 aromatic carbocycles. The van der Waals surface area contributed by atoms with Gasteiger partial charge in [0.2, 0.25) is 5.95 Å². The van der Waals surface area contributed by atoms with Crippen molar-refractivity contribution in [2.75, 3.05) is 16.4 Å². The lowest BCUT2D eigenvalue weighted by Crippen LogP contribution is -2.25. The lowest BCUT2D eigenvalue weighted by atomic mass is 9.82.